The first kappa shape index (κ1) is 18.3. The molecule has 0 bridgehead atoms. The van der Waals surface area contributed by atoms with Gasteiger partial charge in [0.15, 0.2) is 0 Å². The first-order valence-electron chi connectivity index (χ1n) is 9.45. The van der Waals surface area contributed by atoms with Crippen molar-refractivity contribution in [1.82, 2.24) is 15.2 Å². The van der Waals surface area contributed by atoms with E-state index in [1.807, 2.05) is 18.3 Å². The number of carbonyl (C=O) groups excluding carboxylic acids is 1. The Kier molecular flexibility index (Phi) is 5.44. The van der Waals surface area contributed by atoms with E-state index in [2.05, 4.69) is 39.5 Å². The Morgan fingerprint density at radius 3 is 2.75 bits per heavy atom. The molecule has 1 aliphatic rings. The summed E-state index contributed by atoms with van der Waals surface area (Å²) in [5.74, 6) is -0.685. The zero-order chi connectivity index (χ0) is 19.3. The Morgan fingerprint density at radius 2 is 1.96 bits per heavy atom. The van der Waals surface area contributed by atoms with Crippen molar-refractivity contribution in [2.45, 2.75) is 19.0 Å². The molecule has 4 rings (SSSR count). The minimum atomic E-state index is -0.413. The van der Waals surface area contributed by atoms with E-state index in [9.17, 15) is 9.18 Å². The summed E-state index contributed by atoms with van der Waals surface area (Å²) in [6, 6.07) is 18.2. The monoisotopic (exact) mass is 375 g/mol. The first-order chi connectivity index (χ1) is 13.7. The molecule has 0 saturated heterocycles. The minimum absolute atomic E-state index is 0.000402. The summed E-state index contributed by atoms with van der Waals surface area (Å²) in [7, 11) is 0. The van der Waals surface area contributed by atoms with Crippen LogP contribution < -0.4 is 5.32 Å². The van der Waals surface area contributed by atoms with Crippen LogP contribution in [0.2, 0.25) is 0 Å². The van der Waals surface area contributed by atoms with Gasteiger partial charge in [-0.2, -0.15) is 0 Å². The molecule has 28 heavy (non-hydrogen) atoms. The van der Waals surface area contributed by atoms with Gasteiger partial charge in [0.25, 0.3) is 5.91 Å². The van der Waals surface area contributed by atoms with Crippen LogP contribution in [0.1, 0.15) is 33.1 Å². The van der Waals surface area contributed by atoms with E-state index in [1.165, 1.54) is 23.3 Å². The standard InChI is InChI=1S/C23H22FN3O/c24-21-9-3-7-18(13-21)23(28)26-15-22(19-8-4-11-25-14-19)27-12-10-17-5-1-2-6-20(17)16-27/h1-9,11,13-14,22H,10,12,15-16H2,(H,26,28)/t22-/m1/s1. The molecular formula is C23H22FN3O. The smallest absolute Gasteiger partial charge is 0.251 e. The van der Waals surface area contributed by atoms with Gasteiger partial charge in [-0.3, -0.25) is 14.7 Å². The molecule has 0 fully saturated rings. The van der Waals surface area contributed by atoms with Crippen LogP contribution >= 0.6 is 0 Å². The number of pyridine rings is 1. The van der Waals surface area contributed by atoms with E-state index < -0.39 is 5.82 Å². The highest BCUT2D eigenvalue weighted by Crippen LogP contribution is 2.27. The highest BCUT2D eigenvalue weighted by Gasteiger charge is 2.25. The van der Waals surface area contributed by atoms with Crippen molar-refractivity contribution >= 4 is 5.91 Å². The van der Waals surface area contributed by atoms with Crippen LogP contribution in [0.4, 0.5) is 4.39 Å². The Hall–Kier alpha value is -3.05. The lowest BCUT2D eigenvalue weighted by atomic mass is 9.97. The predicted octanol–water partition coefficient (Wildman–Crippen LogP) is 3.75. The van der Waals surface area contributed by atoms with Gasteiger partial charge in [-0.25, -0.2) is 4.39 Å². The number of amides is 1. The average molecular weight is 375 g/mol. The topological polar surface area (TPSA) is 45.2 Å². The Morgan fingerprint density at radius 1 is 1.11 bits per heavy atom. The fourth-order valence-electron chi connectivity index (χ4n) is 3.74. The number of fused-ring (bicyclic) bond motifs is 1. The molecule has 1 N–H and O–H groups in total. The second-order valence-electron chi connectivity index (χ2n) is 7.01. The van der Waals surface area contributed by atoms with E-state index in [0.717, 1.165) is 25.1 Å². The Labute approximate surface area is 164 Å². The van der Waals surface area contributed by atoms with Gasteiger partial charge in [-0.1, -0.05) is 36.4 Å². The predicted molar refractivity (Wildman–Crippen MR) is 106 cm³/mol. The van der Waals surface area contributed by atoms with Crippen LogP contribution in [-0.2, 0) is 13.0 Å². The maximum Gasteiger partial charge on any atom is 0.251 e. The summed E-state index contributed by atoms with van der Waals surface area (Å²) < 4.78 is 13.4. The average Bonchev–Trinajstić information content (AvgIpc) is 2.74. The number of benzene rings is 2. The molecule has 142 valence electrons. The van der Waals surface area contributed by atoms with Crippen molar-refractivity contribution in [2.24, 2.45) is 0 Å². The summed E-state index contributed by atoms with van der Waals surface area (Å²) in [6.07, 6.45) is 4.57. The van der Waals surface area contributed by atoms with Crippen molar-refractivity contribution < 1.29 is 9.18 Å². The van der Waals surface area contributed by atoms with Crippen molar-refractivity contribution in [1.29, 1.82) is 0 Å². The van der Waals surface area contributed by atoms with Crippen LogP contribution in [0.5, 0.6) is 0 Å². The van der Waals surface area contributed by atoms with Gasteiger partial charge in [-0.05, 0) is 47.4 Å². The number of carbonyl (C=O) groups is 1. The third-order valence-electron chi connectivity index (χ3n) is 5.21. The largest absolute Gasteiger partial charge is 0.350 e. The highest BCUT2D eigenvalue weighted by atomic mass is 19.1. The van der Waals surface area contributed by atoms with Crippen molar-refractivity contribution in [3.05, 3.63) is 101 Å². The lowest BCUT2D eigenvalue weighted by Crippen LogP contribution is -2.40. The van der Waals surface area contributed by atoms with Crippen molar-refractivity contribution in [2.75, 3.05) is 13.1 Å². The summed E-state index contributed by atoms with van der Waals surface area (Å²) in [5, 5.41) is 2.97. The van der Waals surface area contributed by atoms with Crippen LogP contribution in [0.3, 0.4) is 0 Å². The molecule has 0 saturated carbocycles. The van der Waals surface area contributed by atoms with Gasteiger partial charge in [-0.15, -0.1) is 0 Å². The number of hydrogen-bond acceptors (Lipinski definition) is 3. The number of aromatic nitrogens is 1. The summed E-state index contributed by atoms with van der Waals surface area (Å²) in [6.45, 7) is 2.17. The van der Waals surface area contributed by atoms with Crippen LogP contribution in [0.15, 0.2) is 73.1 Å². The summed E-state index contributed by atoms with van der Waals surface area (Å²) >= 11 is 0. The first-order valence-corrected chi connectivity index (χ1v) is 9.45. The van der Waals surface area contributed by atoms with Crippen molar-refractivity contribution in [3.63, 3.8) is 0 Å². The molecule has 0 spiro atoms. The molecule has 0 radical (unpaired) electrons. The lowest BCUT2D eigenvalue weighted by Gasteiger charge is -2.36. The molecule has 0 unspecified atom stereocenters. The molecule has 0 aliphatic carbocycles. The molecule has 2 heterocycles. The molecule has 1 aromatic heterocycles. The number of halogens is 1. The van der Waals surface area contributed by atoms with Gasteiger partial charge in [0.1, 0.15) is 5.82 Å². The number of hydrogen-bond donors (Lipinski definition) is 1. The Bertz CT molecular complexity index is 961. The summed E-state index contributed by atoms with van der Waals surface area (Å²) in [4.78, 5) is 19.1. The molecule has 4 nitrogen and oxygen atoms in total. The second-order valence-corrected chi connectivity index (χ2v) is 7.01. The van der Waals surface area contributed by atoms with Gasteiger partial charge in [0.2, 0.25) is 0 Å². The zero-order valence-electron chi connectivity index (χ0n) is 15.5. The fourth-order valence-corrected chi connectivity index (χ4v) is 3.74. The van der Waals surface area contributed by atoms with E-state index in [1.54, 1.807) is 18.3 Å². The molecule has 3 aromatic rings. The molecule has 5 heteroatoms. The van der Waals surface area contributed by atoms with E-state index >= 15 is 0 Å². The number of nitrogens with one attached hydrogen (secondary N) is 1. The fraction of sp³-hybridized carbons (Fsp3) is 0.217. The molecule has 1 aliphatic heterocycles. The quantitative estimate of drug-likeness (QED) is 0.739. The number of nitrogens with zero attached hydrogens (tertiary/aromatic N) is 2. The van der Waals surface area contributed by atoms with Crippen LogP contribution in [0, 0.1) is 5.82 Å². The molecular weight excluding hydrogens is 353 g/mol. The van der Waals surface area contributed by atoms with Gasteiger partial charge in [0, 0.05) is 37.6 Å². The highest BCUT2D eigenvalue weighted by molar-refractivity contribution is 5.94. The maximum atomic E-state index is 13.4. The zero-order valence-corrected chi connectivity index (χ0v) is 15.5. The van der Waals surface area contributed by atoms with E-state index in [0.29, 0.717) is 12.1 Å². The summed E-state index contributed by atoms with van der Waals surface area (Å²) in [5.41, 5.74) is 4.09. The normalized spacial score (nSPS) is 14.9. The SMILES string of the molecule is O=C(NC[C@H](c1cccnc1)N1CCc2ccccc2C1)c1cccc(F)c1. The van der Waals surface area contributed by atoms with Gasteiger partial charge >= 0.3 is 0 Å². The van der Waals surface area contributed by atoms with Gasteiger partial charge in [0.05, 0.1) is 6.04 Å². The number of rotatable bonds is 5. The van der Waals surface area contributed by atoms with E-state index in [-0.39, 0.29) is 11.9 Å². The molecule has 1 atom stereocenters. The van der Waals surface area contributed by atoms with E-state index in [4.69, 9.17) is 0 Å². The second kappa shape index (κ2) is 8.31. The van der Waals surface area contributed by atoms with Gasteiger partial charge < -0.3 is 5.32 Å². The third-order valence-corrected chi connectivity index (χ3v) is 5.21. The maximum absolute atomic E-state index is 13.4. The molecule has 1 amide bonds. The lowest BCUT2D eigenvalue weighted by molar-refractivity contribution is 0.0927. The van der Waals surface area contributed by atoms with Crippen molar-refractivity contribution in [3.8, 4) is 0 Å². The third kappa shape index (κ3) is 4.10. The molecule has 2 aromatic carbocycles. The van der Waals surface area contributed by atoms with Crippen LogP contribution in [0.25, 0.3) is 0 Å². The Balaban J connectivity index is 1.53. The minimum Gasteiger partial charge on any atom is -0.350 e. The van der Waals surface area contributed by atoms with Crippen LogP contribution in [-0.4, -0.2) is 28.9 Å².